The number of carbonyl (C=O) groups excluding carboxylic acids is 1. The molecule has 0 radical (unpaired) electrons. The molecule has 2 heterocycles. The van der Waals surface area contributed by atoms with Crippen molar-refractivity contribution in [2.45, 2.75) is 19.4 Å². The topological polar surface area (TPSA) is 83.0 Å². The lowest BCUT2D eigenvalue weighted by atomic mass is 10.1. The second-order valence-electron chi connectivity index (χ2n) is 5.69. The summed E-state index contributed by atoms with van der Waals surface area (Å²) in [6.07, 6.45) is 3.03. The molecule has 0 saturated heterocycles. The van der Waals surface area contributed by atoms with E-state index in [0.29, 0.717) is 35.1 Å². The minimum Gasteiger partial charge on any atom is -0.497 e. The predicted octanol–water partition coefficient (Wildman–Crippen LogP) is 2.77. The first-order valence-corrected chi connectivity index (χ1v) is 8.45. The van der Waals surface area contributed by atoms with Gasteiger partial charge < -0.3 is 10.5 Å². The van der Waals surface area contributed by atoms with Gasteiger partial charge in [0.1, 0.15) is 10.6 Å². The van der Waals surface area contributed by atoms with E-state index in [9.17, 15) is 4.79 Å². The van der Waals surface area contributed by atoms with Gasteiger partial charge in [0.15, 0.2) is 10.9 Å². The second kappa shape index (κ2) is 5.76. The third-order valence-electron chi connectivity index (χ3n) is 4.08. The van der Waals surface area contributed by atoms with Gasteiger partial charge in [0.05, 0.1) is 25.0 Å². The molecule has 122 valence electrons. The summed E-state index contributed by atoms with van der Waals surface area (Å²) in [6.45, 7) is 0.653. The summed E-state index contributed by atoms with van der Waals surface area (Å²) in [5.41, 5.74) is 9.42. The molecule has 0 saturated carbocycles. The predicted molar refractivity (Wildman–Crippen MR) is 92.5 cm³/mol. The molecule has 0 spiro atoms. The van der Waals surface area contributed by atoms with Gasteiger partial charge in [-0.1, -0.05) is 23.5 Å². The first kappa shape index (κ1) is 14.9. The maximum atomic E-state index is 12.2. The van der Waals surface area contributed by atoms with Gasteiger partial charge in [0, 0.05) is 18.2 Å². The molecular formula is C17H16N4O2S. The summed E-state index contributed by atoms with van der Waals surface area (Å²) >= 11 is 1.26. The van der Waals surface area contributed by atoms with Crippen molar-refractivity contribution in [2.75, 3.05) is 12.8 Å². The number of rotatable bonds is 3. The molecule has 4 rings (SSSR count). The third-order valence-corrected chi connectivity index (χ3v) is 5.01. The van der Waals surface area contributed by atoms with E-state index < -0.39 is 0 Å². The molecule has 7 heteroatoms. The molecule has 2 N–H and O–H groups in total. The molecule has 6 nitrogen and oxygen atoms in total. The van der Waals surface area contributed by atoms with Crippen LogP contribution in [0.15, 0.2) is 30.5 Å². The maximum Gasteiger partial charge on any atom is 0.181 e. The van der Waals surface area contributed by atoms with E-state index >= 15 is 0 Å². The summed E-state index contributed by atoms with van der Waals surface area (Å²) in [5, 5.41) is 5.07. The van der Waals surface area contributed by atoms with Crippen molar-refractivity contribution >= 4 is 22.3 Å². The largest absolute Gasteiger partial charge is 0.497 e. The van der Waals surface area contributed by atoms with E-state index in [1.54, 1.807) is 7.11 Å². The fraction of sp³-hybridized carbons (Fsp3) is 0.235. The van der Waals surface area contributed by atoms with Crippen LogP contribution in [-0.2, 0) is 13.0 Å². The first-order valence-electron chi connectivity index (χ1n) is 7.63. The Morgan fingerprint density at radius 1 is 1.29 bits per heavy atom. The standard InChI is InChI=1S/C17H16N4O2S/c1-23-11-4-2-10(3-5-11)8-21-9-12-13(20-21)6-7-14(22)16-15(12)19-17(18)24-16/h2-5,9H,6-8H2,1H3,(H2,18,19). The van der Waals surface area contributed by atoms with Crippen LogP contribution in [0.4, 0.5) is 5.13 Å². The molecular weight excluding hydrogens is 324 g/mol. The SMILES string of the molecule is COc1ccc(Cn2cc3c(n2)CCC(=O)c2sc(N)nc2-3)cc1. The van der Waals surface area contributed by atoms with E-state index in [0.717, 1.165) is 22.6 Å². The van der Waals surface area contributed by atoms with Crippen molar-refractivity contribution in [1.82, 2.24) is 14.8 Å². The van der Waals surface area contributed by atoms with Crippen LogP contribution < -0.4 is 10.5 Å². The third kappa shape index (κ3) is 2.56. The molecule has 0 bridgehead atoms. The molecule has 0 atom stereocenters. The number of ketones is 1. The van der Waals surface area contributed by atoms with Gasteiger partial charge in [-0.2, -0.15) is 5.10 Å². The van der Waals surface area contributed by atoms with Crippen LogP contribution in [0.25, 0.3) is 11.3 Å². The lowest BCUT2D eigenvalue weighted by molar-refractivity contribution is 0.0987. The van der Waals surface area contributed by atoms with Gasteiger partial charge in [0.25, 0.3) is 0 Å². The van der Waals surface area contributed by atoms with Crippen LogP contribution in [-0.4, -0.2) is 27.7 Å². The maximum absolute atomic E-state index is 12.2. The van der Waals surface area contributed by atoms with Crippen molar-refractivity contribution in [1.29, 1.82) is 0 Å². The summed E-state index contributed by atoms with van der Waals surface area (Å²) < 4.78 is 7.07. The molecule has 0 aliphatic heterocycles. The van der Waals surface area contributed by atoms with E-state index in [2.05, 4.69) is 10.1 Å². The Morgan fingerprint density at radius 3 is 2.83 bits per heavy atom. The van der Waals surface area contributed by atoms with Crippen molar-refractivity contribution in [3.05, 3.63) is 46.6 Å². The number of ether oxygens (including phenoxy) is 1. The van der Waals surface area contributed by atoms with Gasteiger partial charge in [0.2, 0.25) is 0 Å². The van der Waals surface area contributed by atoms with Crippen molar-refractivity contribution < 1.29 is 9.53 Å². The minimum absolute atomic E-state index is 0.0962. The smallest absolute Gasteiger partial charge is 0.181 e. The Balaban J connectivity index is 1.68. The Kier molecular flexibility index (Phi) is 3.57. The fourth-order valence-electron chi connectivity index (χ4n) is 2.90. The number of aryl methyl sites for hydroxylation is 1. The Hall–Kier alpha value is -2.67. The number of methoxy groups -OCH3 is 1. The number of benzene rings is 1. The fourth-order valence-corrected chi connectivity index (χ4v) is 3.71. The summed E-state index contributed by atoms with van der Waals surface area (Å²) in [6, 6.07) is 7.90. The molecule has 1 aliphatic rings. The zero-order valence-electron chi connectivity index (χ0n) is 13.2. The number of thiazole rings is 1. The highest BCUT2D eigenvalue weighted by Crippen LogP contribution is 2.35. The number of nitrogens with zero attached hydrogens (tertiary/aromatic N) is 3. The highest BCUT2D eigenvalue weighted by molar-refractivity contribution is 7.17. The molecule has 3 aromatic rings. The Morgan fingerprint density at radius 2 is 2.08 bits per heavy atom. The van der Waals surface area contributed by atoms with Crippen LogP contribution >= 0.6 is 11.3 Å². The normalized spacial score (nSPS) is 13.3. The van der Waals surface area contributed by atoms with Gasteiger partial charge in [-0.05, 0) is 24.1 Å². The van der Waals surface area contributed by atoms with Gasteiger partial charge in [-0.25, -0.2) is 4.98 Å². The van der Waals surface area contributed by atoms with E-state index in [1.807, 2.05) is 35.1 Å². The number of fused-ring (bicyclic) bond motifs is 3. The minimum atomic E-state index is 0.0962. The highest BCUT2D eigenvalue weighted by atomic mass is 32.1. The number of carbonyl (C=O) groups is 1. The van der Waals surface area contributed by atoms with Crippen LogP contribution in [0.1, 0.15) is 27.3 Å². The summed E-state index contributed by atoms with van der Waals surface area (Å²) in [7, 11) is 1.65. The number of hydrogen-bond acceptors (Lipinski definition) is 6. The second-order valence-corrected chi connectivity index (χ2v) is 6.72. The monoisotopic (exact) mass is 340 g/mol. The Bertz CT molecular complexity index is 911. The molecule has 0 amide bonds. The van der Waals surface area contributed by atoms with E-state index in [1.165, 1.54) is 11.3 Å². The van der Waals surface area contributed by atoms with Crippen LogP contribution in [0.3, 0.4) is 0 Å². The van der Waals surface area contributed by atoms with Gasteiger partial charge in [-0.15, -0.1) is 0 Å². The van der Waals surface area contributed by atoms with E-state index in [4.69, 9.17) is 10.5 Å². The number of aromatic nitrogens is 3. The van der Waals surface area contributed by atoms with Crippen LogP contribution in [0.5, 0.6) is 5.75 Å². The molecule has 2 aromatic heterocycles. The summed E-state index contributed by atoms with van der Waals surface area (Å²) in [5.74, 6) is 0.926. The van der Waals surface area contributed by atoms with Crippen molar-refractivity contribution in [3.63, 3.8) is 0 Å². The molecule has 0 fully saturated rings. The van der Waals surface area contributed by atoms with Crippen LogP contribution in [0, 0.1) is 0 Å². The number of Topliss-reactive ketones (excluding diaryl/α,β-unsaturated/α-hetero) is 1. The lowest BCUT2D eigenvalue weighted by Crippen LogP contribution is -2.02. The van der Waals surface area contributed by atoms with Gasteiger partial charge in [-0.3, -0.25) is 9.48 Å². The number of nitrogens with two attached hydrogens (primary N) is 1. The number of anilines is 1. The summed E-state index contributed by atoms with van der Waals surface area (Å²) in [4.78, 5) is 17.2. The average Bonchev–Trinajstić information content (AvgIpc) is 3.14. The quantitative estimate of drug-likeness (QED) is 0.793. The number of nitrogen functional groups attached to an aromatic ring is 1. The van der Waals surface area contributed by atoms with Crippen LogP contribution in [0.2, 0.25) is 0 Å². The van der Waals surface area contributed by atoms with Crippen molar-refractivity contribution in [2.24, 2.45) is 0 Å². The molecule has 24 heavy (non-hydrogen) atoms. The lowest BCUT2D eigenvalue weighted by Gasteiger charge is -2.04. The highest BCUT2D eigenvalue weighted by Gasteiger charge is 2.26. The first-order chi connectivity index (χ1) is 11.6. The van der Waals surface area contributed by atoms with E-state index in [-0.39, 0.29) is 5.78 Å². The van der Waals surface area contributed by atoms with Crippen molar-refractivity contribution in [3.8, 4) is 17.0 Å². The molecule has 1 aromatic carbocycles. The zero-order valence-corrected chi connectivity index (χ0v) is 14.0. The zero-order chi connectivity index (χ0) is 16.7. The Labute approximate surface area is 142 Å². The number of hydrogen-bond donors (Lipinski definition) is 1. The van der Waals surface area contributed by atoms with Gasteiger partial charge >= 0.3 is 0 Å². The average molecular weight is 340 g/mol. The molecule has 0 unspecified atom stereocenters. The molecule has 1 aliphatic carbocycles.